The van der Waals surface area contributed by atoms with Crippen molar-refractivity contribution >= 4 is 5.97 Å². The molecule has 0 aliphatic rings. The molecule has 0 bridgehead atoms. The summed E-state index contributed by atoms with van der Waals surface area (Å²) in [6, 6.07) is 17.2. The molecule has 2 aromatic carbocycles. The van der Waals surface area contributed by atoms with Crippen LogP contribution in [-0.2, 0) is 0 Å². The van der Waals surface area contributed by atoms with Crippen molar-refractivity contribution in [3.63, 3.8) is 0 Å². The van der Waals surface area contributed by atoms with E-state index in [2.05, 4.69) is 20.6 Å². The third kappa shape index (κ3) is 2.78. The molecule has 2 heterocycles. The topological polar surface area (TPSA) is 105 Å². The van der Waals surface area contributed by atoms with Gasteiger partial charge in [0.2, 0.25) is 0 Å². The van der Waals surface area contributed by atoms with Gasteiger partial charge in [-0.25, -0.2) is 4.79 Å². The Labute approximate surface area is 141 Å². The maximum atomic E-state index is 11.2. The minimum Gasteiger partial charge on any atom is -0.476 e. The number of carboxylic acid groups (broad SMARTS) is 1. The highest BCUT2D eigenvalue weighted by Gasteiger charge is 2.15. The van der Waals surface area contributed by atoms with Crippen LogP contribution in [0.1, 0.15) is 10.5 Å². The molecule has 122 valence electrons. The predicted molar refractivity (Wildman–Crippen MR) is 89.7 cm³/mol. The fourth-order valence-corrected chi connectivity index (χ4v) is 2.59. The Morgan fingerprint density at radius 1 is 0.880 bits per heavy atom. The van der Waals surface area contributed by atoms with E-state index in [1.165, 1.54) is 6.26 Å². The molecule has 0 saturated carbocycles. The SMILES string of the molecule is O=C(O)c1[nH]nnc1-c1ccc(-c2ccc(-c3ccon3)cc2)cc1. The second-order valence-electron chi connectivity index (χ2n) is 5.38. The van der Waals surface area contributed by atoms with Crippen LogP contribution < -0.4 is 0 Å². The number of aromatic carboxylic acids is 1. The third-order valence-corrected chi connectivity index (χ3v) is 3.87. The van der Waals surface area contributed by atoms with E-state index in [0.717, 1.165) is 22.4 Å². The number of benzene rings is 2. The smallest absolute Gasteiger partial charge is 0.356 e. The standard InChI is InChI=1S/C18H12N4O3/c23-18(24)17-16(19-22-20-17)14-7-3-12(4-8-14)11-1-5-13(6-2-11)15-9-10-25-21-15/h1-10H,(H,23,24)(H,19,20,22). The zero-order valence-corrected chi connectivity index (χ0v) is 12.9. The average molecular weight is 332 g/mol. The minimum atomic E-state index is -1.09. The highest BCUT2D eigenvalue weighted by molar-refractivity contribution is 5.92. The normalized spacial score (nSPS) is 10.7. The second-order valence-corrected chi connectivity index (χ2v) is 5.38. The van der Waals surface area contributed by atoms with E-state index in [4.69, 9.17) is 9.63 Å². The molecule has 4 rings (SSSR count). The Bertz CT molecular complexity index is 1000. The van der Waals surface area contributed by atoms with Crippen LogP contribution in [0.4, 0.5) is 0 Å². The van der Waals surface area contributed by atoms with Crippen molar-refractivity contribution in [2.45, 2.75) is 0 Å². The van der Waals surface area contributed by atoms with Gasteiger partial charge in [-0.3, -0.25) is 5.10 Å². The number of H-pyrrole nitrogens is 1. The Morgan fingerprint density at radius 2 is 1.48 bits per heavy atom. The van der Waals surface area contributed by atoms with Crippen molar-refractivity contribution < 1.29 is 14.4 Å². The summed E-state index contributed by atoms with van der Waals surface area (Å²) in [6.45, 7) is 0. The molecule has 7 nitrogen and oxygen atoms in total. The van der Waals surface area contributed by atoms with Crippen LogP contribution in [0.15, 0.2) is 65.4 Å². The van der Waals surface area contributed by atoms with Crippen molar-refractivity contribution in [1.82, 2.24) is 20.6 Å². The molecule has 0 aliphatic heterocycles. The van der Waals surface area contributed by atoms with E-state index in [1.54, 1.807) is 0 Å². The molecule has 0 amide bonds. The highest BCUT2D eigenvalue weighted by atomic mass is 16.5. The number of aromatic amines is 1. The Balaban J connectivity index is 1.62. The summed E-state index contributed by atoms with van der Waals surface area (Å²) in [4.78, 5) is 11.2. The van der Waals surface area contributed by atoms with Gasteiger partial charge >= 0.3 is 5.97 Å². The molecular formula is C18H12N4O3. The lowest BCUT2D eigenvalue weighted by molar-refractivity contribution is 0.0691. The Morgan fingerprint density at radius 3 is 2.04 bits per heavy atom. The molecule has 25 heavy (non-hydrogen) atoms. The van der Waals surface area contributed by atoms with Gasteiger partial charge in [-0.05, 0) is 11.1 Å². The van der Waals surface area contributed by atoms with Crippen molar-refractivity contribution in [3.8, 4) is 33.6 Å². The fraction of sp³-hybridized carbons (Fsp3) is 0. The number of nitrogens with zero attached hydrogens (tertiary/aromatic N) is 3. The van der Waals surface area contributed by atoms with Gasteiger partial charge in [0.15, 0.2) is 5.69 Å². The first-order valence-corrected chi connectivity index (χ1v) is 7.48. The van der Waals surface area contributed by atoms with Crippen LogP contribution in [0.5, 0.6) is 0 Å². The summed E-state index contributed by atoms with van der Waals surface area (Å²) in [5.74, 6) is -1.09. The second kappa shape index (κ2) is 6.04. The summed E-state index contributed by atoms with van der Waals surface area (Å²) in [6.07, 6.45) is 1.54. The number of carboxylic acids is 1. The molecule has 0 unspecified atom stereocenters. The van der Waals surface area contributed by atoms with Crippen LogP contribution in [0.3, 0.4) is 0 Å². The summed E-state index contributed by atoms with van der Waals surface area (Å²) in [7, 11) is 0. The Kier molecular flexibility index (Phi) is 3.59. The van der Waals surface area contributed by atoms with Gasteiger partial charge in [0.05, 0.1) is 0 Å². The largest absolute Gasteiger partial charge is 0.476 e. The van der Waals surface area contributed by atoms with E-state index in [9.17, 15) is 4.79 Å². The molecule has 0 aliphatic carbocycles. The van der Waals surface area contributed by atoms with Gasteiger partial charge in [-0.15, -0.1) is 5.10 Å². The third-order valence-electron chi connectivity index (χ3n) is 3.87. The number of carbonyl (C=O) groups is 1. The highest BCUT2D eigenvalue weighted by Crippen LogP contribution is 2.27. The van der Waals surface area contributed by atoms with Crippen molar-refractivity contribution in [2.24, 2.45) is 0 Å². The number of rotatable bonds is 4. The average Bonchev–Trinajstić information content (AvgIpc) is 3.34. The molecule has 7 heteroatoms. The molecule has 2 N–H and O–H groups in total. The Hall–Kier alpha value is -3.74. The quantitative estimate of drug-likeness (QED) is 0.592. The summed E-state index contributed by atoms with van der Waals surface area (Å²) >= 11 is 0. The van der Waals surface area contributed by atoms with E-state index < -0.39 is 5.97 Å². The number of aromatic nitrogens is 4. The van der Waals surface area contributed by atoms with Gasteiger partial charge in [-0.1, -0.05) is 58.9 Å². The molecule has 4 aromatic rings. The monoisotopic (exact) mass is 332 g/mol. The molecule has 0 fully saturated rings. The van der Waals surface area contributed by atoms with Crippen LogP contribution in [-0.4, -0.2) is 31.6 Å². The lowest BCUT2D eigenvalue weighted by Gasteiger charge is -2.04. The summed E-state index contributed by atoms with van der Waals surface area (Å²) < 4.78 is 4.85. The van der Waals surface area contributed by atoms with Crippen LogP contribution in [0.25, 0.3) is 33.6 Å². The van der Waals surface area contributed by atoms with Crippen molar-refractivity contribution in [2.75, 3.05) is 0 Å². The van der Waals surface area contributed by atoms with E-state index in [0.29, 0.717) is 11.3 Å². The van der Waals surface area contributed by atoms with Gasteiger partial charge < -0.3 is 9.63 Å². The van der Waals surface area contributed by atoms with E-state index >= 15 is 0 Å². The van der Waals surface area contributed by atoms with Gasteiger partial charge in [0.1, 0.15) is 17.7 Å². The first-order chi connectivity index (χ1) is 12.2. The maximum Gasteiger partial charge on any atom is 0.356 e. The maximum absolute atomic E-state index is 11.2. The fourth-order valence-electron chi connectivity index (χ4n) is 2.59. The number of hydrogen-bond donors (Lipinski definition) is 2. The molecule has 2 aromatic heterocycles. The first-order valence-electron chi connectivity index (χ1n) is 7.48. The molecule has 0 spiro atoms. The van der Waals surface area contributed by atoms with Gasteiger partial charge in [-0.2, -0.15) is 0 Å². The lowest BCUT2D eigenvalue weighted by Crippen LogP contribution is -1.99. The molecule has 0 saturated heterocycles. The molecule has 0 radical (unpaired) electrons. The number of hydrogen-bond acceptors (Lipinski definition) is 5. The molecular weight excluding hydrogens is 320 g/mol. The number of nitrogens with one attached hydrogen (secondary N) is 1. The van der Waals surface area contributed by atoms with Gasteiger partial charge in [0.25, 0.3) is 0 Å². The van der Waals surface area contributed by atoms with Crippen LogP contribution in [0, 0.1) is 0 Å². The van der Waals surface area contributed by atoms with Crippen molar-refractivity contribution in [3.05, 3.63) is 66.6 Å². The van der Waals surface area contributed by atoms with Gasteiger partial charge in [0, 0.05) is 17.2 Å². The van der Waals surface area contributed by atoms with E-state index in [-0.39, 0.29) is 5.69 Å². The summed E-state index contributed by atoms with van der Waals surface area (Å²) in [5, 5.41) is 22.9. The molecule has 0 atom stereocenters. The van der Waals surface area contributed by atoms with Crippen molar-refractivity contribution in [1.29, 1.82) is 0 Å². The summed E-state index contributed by atoms with van der Waals surface area (Å²) in [5.41, 5.74) is 4.80. The predicted octanol–water partition coefficient (Wildman–Crippen LogP) is 3.49. The minimum absolute atomic E-state index is 0.0234. The van der Waals surface area contributed by atoms with E-state index in [1.807, 2.05) is 54.6 Å². The van der Waals surface area contributed by atoms with Crippen LogP contribution >= 0.6 is 0 Å². The first kappa shape index (κ1) is 14.8. The zero-order chi connectivity index (χ0) is 17.2. The van der Waals surface area contributed by atoms with Crippen LogP contribution in [0.2, 0.25) is 0 Å². The zero-order valence-electron chi connectivity index (χ0n) is 12.9. The lowest BCUT2D eigenvalue weighted by atomic mass is 10.0.